The fraction of sp³-hybridized carbons (Fsp3) is 1.00. The van der Waals surface area contributed by atoms with Gasteiger partial charge in [-0.15, -0.1) is 0 Å². The van der Waals surface area contributed by atoms with Gasteiger partial charge >= 0.3 is 0 Å². The molecule has 0 radical (unpaired) electrons. The fourth-order valence-corrected chi connectivity index (χ4v) is 2.08. The lowest BCUT2D eigenvalue weighted by Gasteiger charge is -2.35. The van der Waals surface area contributed by atoms with Gasteiger partial charge in [-0.2, -0.15) is 0 Å². The molecule has 1 heterocycles. The van der Waals surface area contributed by atoms with E-state index >= 15 is 0 Å². The Morgan fingerprint density at radius 2 is 2.12 bits per heavy atom. The molecular formula is C12H26N2O2. The number of hydrogen-bond acceptors (Lipinski definition) is 4. The Morgan fingerprint density at radius 1 is 1.44 bits per heavy atom. The zero-order valence-corrected chi connectivity index (χ0v) is 10.9. The Labute approximate surface area is 99.3 Å². The standard InChI is InChI=1S/C12H26N2O2/c1-11(10-13-6-9-15-3)14(2)12-4-7-16-8-5-12/h11-13H,4-10H2,1-3H3. The van der Waals surface area contributed by atoms with Crippen LogP contribution in [0.4, 0.5) is 0 Å². The number of ether oxygens (including phenoxy) is 2. The molecule has 0 aromatic heterocycles. The molecule has 1 fully saturated rings. The normalized spacial score (nSPS) is 20.2. The van der Waals surface area contributed by atoms with Gasteiger partial charge in [0.05, 0.1) is 6.61 Å². The second kappa shape index (κ2) is 8.01. The van der Waals surface area contributed by atoms with E-state index in [9.17, 15) is 0 Å². The van der Waals surface area contributed by atoms with Gasteiger partial charge < -0.3 is 14.8 Å². The van der Waals surface area contributed by atoms with E-state index in [4.69, 9.17) is 9.47 Å². The van der Waals surface area contributed by atoms with Crippen LogP contribution in [0.5, 0.6) is 0 Å². The maximum absolute atomic E-state index is 5.38. The minimum absolute atomic E-state index is 0.569. The molecule has 0 bridgehead atoms. The second-order valence-corrected chi connectivity index (χ2v) is 4.55. The predicted molar refractivity (Wildman–Crippen MR) is 65.8 cm³/mol. The Kier molecular flexibility index (Phi) is 6.96. The highest BCUT2D eigenvalue weighted by atomic mass is 16.5. The van der Waals surface area contributed by atoms with Crippen molar-refractivity contribution in [3.8, 4) is 0 Å². The number of likely N-dealkylation sites (N-methyl/N-ethyl adjacent to an activating group) is 1. The van der Waals surface area contributed by atoms with E-state index in [1.165, 1.54) is 12.8 Å². The summed E-state index contributed by atoms with van der Waals surface area (Å²) in [6.45, 7) is 6.85. The number of rotatable bonds is 7. The fourth-order valence-electron chi connectivity index (χ4n) is 2.08. The SMILES string of the molecule is COCCNCC(C)N(C)C1CCOCC1. The van der Waals surface area contributed by atoms with Crippen molar-refractivity contribution in [2.45, 2.75) is 31.8 Å². The van der Waals surface area contributed by atoms with E-state index in [0.717, 1.165) is 32.9 Å². The molecule has 0 aromatic rings. The number of methoxy groups -OCH3 is 1. The summed E-state index contributed by atoms with van der Waals surface area (Å²) in [5, 5.41) is 3.41. The van der Waals surface area contributed by atoms with Crippen LogP contribution in [0.25, 0.3) is 0 Å². The third-order valence-electron chi connectivity index (χ3n) is 3.38. The molecule has 0 saturated carbocycles. The molecule has 16 heavy (non-hydrogen) atoms. The van der Waals surface area contributed by atoms with Crippen LogP contribution < -0.4 is 5.32 Å². The van der Waals surface area contributed by atoms with Gasteiger partial charge in [-0.1, -0.05) is 0 Å². The molecule has 1 rings (SSSR count). The summed E-state index contributed by atoms with van der Waals surface area (Å²) in [4.78, 5) is 2.47. The van der Waals surface area contributed by atoms with E-state index in [-0.39, 0.29) is 0 Å². The molecular weight excluding hydrogens is 204 g/mol. The zero-order valence-electron chi connectivity index (χ0n) is 10.9. The van der Waals surface area contributed by atoms with E-state index < -0.39 is 0 Å². The summed E-state index contributed by atoms with van der Waals surface area (Å²) in [6, 6.07) is 1.26. The molecule has 1 N–H and O–H groups in total. The molecule has 1 unspecified atom stereocenters. The zero-order chi connectivity index (χ0) is 11.8. The lowest BCUT2D eigenvalue weighted by atomic mass is 10.1. The van der Waals surface area contributed by atoms with Gasteiger partial charge in [-0.25, -0.2) is 0 Å². The lowest BCUT2D eigenvalue weighted by molar-refractivity contribution is 0.0310. The monoisotopic (exact) mass is 230 g/mol. The van der Waals surface area contributed by atoms with Gasteiger partial charge in [0, 0.05) is 45.5 Å². The van der Waals surface area contributed by atoms with Gasteiger partial charge in [-0.3, -0.25) is 4.90 Å². The average molecular weight is 230 g/mol. The Hall–Kier alpha value is -0.160. The van der Waals surface area contributed by atoms with Crippen molar-refractivity contribution in [1.29, 1.82) is 0 Å². The highest BCUT2D eigenvalue weighted by Crippen LogP contribution is 2.14. The number of hydrogen-bond donors (Lipinski definition) is 1. The molecule has 4 nitrogen and oxygen atoms in total. The van der Waals surface area contributed by atoms with Crippen LogP contribution in [0, 0.1) is 0 Å². The Morgan fingerprint density at radius 3 is 2.75 bits per heavy atom. The van der Waals surface area contributed by atoms with Crippen LogP contribution >= 0.6 is 0 Å². The van der Waals surface area contributed by atoms with Crippen molar-refractivity contribution in [2.24, 2.45) is 0 Å². The third kappa shape index (κ3) is 4.78. The predicted octanol–water partition coefficient (Wildman–Crippen LogP) is 0.722. The quantitative estimate of drug-likeness (QED) is 0.654. The van der Waals surface area contributed by atoms with Crippen molar-refractivity contribution < 1.29 is 9.47 Å². The van der Waals surface area contributed by atoms with Gasteiger partial charge in [0.2, 0.25) is 0 Å². The molecule has 4 heteroatoms. The van der Waals surface area contributed by atoms with Crippen LogP contribution in [-0.4, -0.2) is 64.1 Å². The number of nitrogens with zero attached hydrogens (tertiary/aromatic N) is 1. The molecule has 1 aliphatic rings. The average Bonchev–Trinajstić information content (AvgIpc) is 2.34. The summed E-state index contributed by atoms with van der Waals surface area (Å²) < 4.78 is 10.4. The highest BCUT2D eigenvalue weighted by Gasteiger charge is 2.21. The van der Waals surface area contributed by atoms with Crippen LogP contribution in [0.3, 0.4) is 0 Å². The molecule has 1 aliphatic heterocycles. The molecule has 0 aliphatic carbocycles. The highest BCUT2D eigenvalue weighted by molar-refractivity contribution is 4.77. The minimum atomic E-state index is 0.569. The first kappa shape index (κ1) is 13.9. The van der Waals surface area contributed by atoms with Crippen molar-refractivity contribution >= 4 is 0 Å². The van der Waals surface area contributed by atoms with Gasteiger partial charge in [0.15, 0.2) is 0 Å². The minimum Gasteiger partial charge on any atom is -0.383 e. The van der Waals surface area contributed by atoms with E-state index in [0.29, 0.717) is 12.1 Å². The molecule has 0 spiro atoms. The smallest absolute Gasteiger partial charge is 0.0587 e. The van der Waals surface area contributed by atoms with E-state index in [1.54, 1.807) is 7.11 Å². The van der Waals surface area contributed by atoms with Crippen molar-refractivity contribution in [3.05, 3.63) is 0 Å². The first-order valence-corrected chi connectivity index (χ1v) is 6.25. The maximum Gasteiger partial charge on any atom is 0.0587 e. The summed E-state index contributed by atoms with van der Waals surface area (Å²) >= 11 is 0. The van der Waals surface area contributed by atoms with Crippen molar-refractivity contribution in [3.63, 3.8) is 0 Å². The Balaban J connectivity index is 2.15. The van der Waals surface area contributed by atoms with Crippen LogP contribution in [0.2, 0.25) is 0 Å². The van der Waals surface area contributed by atoms with Crippen molar-refractivity contribution in [1.82, 2.24) is 10.2 Å². The van der Waals surface area contributed by atoms with Crippen LogP contribution in [0.1, 0.15) is 19.8 Å². The third-order valence-corrected chi connectivity index (χ3v) is 3.38. The Bertz CT molecular complexity index is 172. The summed E-state index contributed by atoms with van der Waals surface area (Å²) in [5.74, 6) is 0. The molecule has 1 saturated heterocycles. The van der Waals surface area contributed by atoms with Gasteiger partial charge in [0.25, 0.3) is 0 Å². The first-order valence-electron chi connectivity index (χ1n) is 6.25. The number of nitrogens with one attached hydrogen (secondary N) is 1. The molecule has 0 aromatic carbocycles. The summed E-state index contributed by atoms with van der Waals surface area (Å²) in [7, 11) is 3.96. The molecule has 1 atom stereocenters. The first-order chi connectivity index (χ1) is 7.75. The van der Waals surface area contributed by atoms with Crippen molar-refractivity contribution in [2.75, 3.05) is 47.1 Å². The summed E-state index contributed by atoms with van der Waals surface area (Å²) in [6.07, 6.45) is 2.33. The van der Waals surface area contributed by atoms with Crippen LogP contribution in [0.15, 0.2) is 0 Å². The lowest BCUT2D eigenvalue weighted by Crippen LogP contribution is -2.46. The second-order valence-electron chi connectivity index (χ2n) is 4.55. The van der Waals surface area contributed by atoms with Gasteiger partial charge in [0.1, 0.15) is 0 Å². The van der Waals surface area contributed by atoms with Gasteiger partial charge in [-0.05, 0) is 26.8 Å². The van der Waals surface area contributed by atoms with Crippen LogP contribution in [-0.2, 0) is 9.47 Å². The largest absolute Gasteiger partial charge is 0.383 e. The molecule has 0 amide bonds. The van der Waals surface area contributed by atoms with E-state index in [1.807, 2.05) is 0 Å². The molecule has 96 valence electrons. The van der Waals surface area contributed by atoms with E-state index in [2.05, 4.69) is 24.2 Å². The summed E-state index contributed by atoms with van der Waals surface area (Å²) in [5.41, 5.74) is 0. The maximum atomic E-state index is 5.38. The topological polar surface area (TPSA) is 33.7 Å².